The average Bonchev–Trinajstić information content (AvgIpc) is 2.38. The van der Waals surface area contributed by atoms with Gasteiger partial charge >= 0.3 is 0 Å². The molecule has 1 atom stereocenters. The van der Waals surface area contributed by atoms with Crippen molar-refractivity contribution < 1.29 is 0 Å². The van der Waals surface area contributed by atoms with E-state index in [-0.39, 0.29) is 6.04 Å². The predicted molar refractivity (Wildman–Crippen MR) is 89.8 cm³/mol. The summed E-state index contributed by atoms with van der Waals surface area (Å²) < 4.78 is 1.06. The molecule has 2 nitrogen and oxygen atoms in total. The molecule has 1 heterocycles. The lowest BCUT2D eigenvalue weighted by atomic mass is 10.0. The molecule has 0 bridgehead atoms. The Kier molecular flexibility index (Phi) is 5.30. The largest absolute Gasteiger partial charge is 0.376 e. The van der Waals surface area contributed by atoms with Gasteiger partial charge in [0.1, 0.15) is 5.15 Å². The monoisotopic (exact) mass is 372 g/mol. The number of aromatic nitrogens is 1. The minimum Gasteiger partial charge on any atom is -0.376 e. The van der Waals surface area contributed by atoms with Gasteiger partial charge < -0.3 is 5.32 Å². The molecule has 0 aliphatic rings. The van der Waals surface area contributed by atoms with E-state index in [2.05, 4.69) is 45.3 Å². The van der Waals surface area contributed by atoms with E-state index in [9.17, 15) is 0 Å². The van der Waals surface area contributed by atoms with Crippen LogP contribution < -0.4 is 5.32 Å². The summed E-state index contributed by atoms with van der Waals surface area (Å²) in [6.45, 7) is 4.10. The van der Waals surface area contributed by atoms with E-state index < -0.39 is 0 Å². The van der Waals surface area contributed by atoms with Crippen molar-refractivity contribution >= 4 is 44.8 Å². The van der Waals surface area contributed by atoms with Crippen molar-refractivity contribution in [2.24, 2.45) is 0 Å². The highest BCUT2D eigenvalue weighted by molar-refractivity contribution is 9.10. The molecule has 0 amide bonds. The minimum absolute atomic E-state index is 0.173. The molecule has 2 aromatic rings. The lowest BCUT2D eigenvalue weighted by molar-refractivity contribution is 0.747. The zero-order valence-corrected chi connectivity index (χ0v) is 14.4. The summed E-state index contributed by atoms with van der Waals surface area (Å²) in [6.07, 6.45) is 0.939. The molecule has 0 spiro atoms. The fraction of sp³-hybridized carbons (Fsp3) is 0.267. The van der Waals surface area contributed by atoms with E-state index in [1.54, 1.807) is 0 Å². The Labute approximate surface area is 137 Å². The SMILES string of the molecule is CCC(Nc1c(C)cc(Cl)nc1Cl)c1cccc(Br)c1. The number of rotatable bonds is 4. The Morgan fingerprint density at radius 2 is 2.05 bits per heavy atom. The maximum atomic E-state index is 6.19. The number of halogens is 3. The van der Waals surface area contributed by atoms with Crippen LogP contribution in [0, 0.1) is 6.92 Å². The number of hydrogen-bond acceptors (Lipinski definition) is 2. The number of anilines is 1. The van der Waals surface area contributed by atoms with E-state index in [0.717, 1.165) is 22.1 Å². The summed E-state index contributed by atoms with van der Waals surface area (Å²) in [5.41, 5.74) is 3.03. The van der Waals surface area contributed by atoms with Gasteiger partial charge in [-0.3, -0.25) is 0 Å². The number of aryl methyl sites for hydroxylation is 1. The average molecular weight is 374 g/mol. The summed E-state index contributed by atoms with van der Waals surface area (Å²) in [7, 11) is 0. The fourth-order valence-corrected chi connectivity index (χ4v) is 3.09. The molecule has 20 heavy (non-hydrogen) atoms. The molecular weight excluding hydrogens is 359 g/mol. The summed E-state index contributed by atoms with van der Waals surface area (Å²) in [4.78, 5) is 4.09. The number of nitrogens with zero attached hydrogens (tertiary/aromatic N) is 1. The van der Waals surface area contributed by atoms with Gasteiger partial charge in [0.25, 0.3) is 0 Å². The van der Waals surface area contributed by atoms with Crippen molar-refractivity contribution in [1.29, 1.82) is 0 Å². The van der Waals surface area contributed by atoms with Gasteiger partial charge in [0.15, 0.2) is 5.15 Å². The molecule has 1 aromatic carbocycles. The Morgan fingerprint density at radius 1 is 1.30 bits per heavy atom. The van der Waals surface area contributed by atoms with Crippen molar-refractivity contribution in [3.05, 3.63) is 56.2 Å². The quantitative estimate of drug-likeness (QED) is 0.662. The van der Waals surface area contributed by atoms with Gasteiger partial charge in [-0.25, -0.2) is 4.98 Å². The second kappa shape index (κ2) is 6.79. The lowest BCUT2D eigenvalue weighted by Gasteiger charge is -2.21. The standard InChI is InChI=1S/C15H15BrCl2N2/c1-3-12(10-5-4-6-11(16)8-10)19-14-9(2)7-13(17)20-15(14)18/h4-8,12,19H,3H2,1-2H3. The van der Waals surface area contributed by atoms with Gasteiger partial charge in [0, 0.05) is 4.47 Å². The summed E-state index contributed by atoms with van der Waals surface area (Å²) >= 11 is 15.6. The first-order valence-corrected chi connectivity index (χ1v) is 7.90. The third kappa shape index (κ3) is 3.66. The summed E-state index contributed by atoms with van der Waals surface area (Å²) in [5, 5.41) is 4.28. The number of hydrogen-bond donors (Lipinski definition) is 1. The molecule has 1 aromatic heterocycles. The van der Waals surface area contributed by atoms with Crippen LogP contribution in [0.3, 0.4) is 0 Å². The van der Waals surface area contributed by atoms with E-state index in [0.29, 0.717) is 10.3 Å². The highest BCUT2D eigenvalue weighted by atomic mass is 79.9. The molecule has 0 aliphatic carbocycles. The van der Waals surface area contributed by atoms with Gasteiger partial charge in [-0.1, -0.05) is 58.2 Å². The number of pyridine rings is 1. The van der Waals surface area contributed by atoms with Gasteiger partial charge in [0.2, 0.25) is 0 Å². The first-order chi connectivity index (χ1) is 9.51. The van der Waals surface area contributed by atoms with Crippen LogP contribution in [0.25, 0.3) is 0 Å². The normalized spacial score (nSPS) is 12.2. The van der Waals surface area contributed by atoms with Crippen LogP contribution in [0.1, 0.15) is 30.5 Å². The summed E-state index contributed by atoms with van der Waals surface area (Å²) in [6, 6.07) is 10.2. The highest BCUT2D eigenvalue weighted by Crippen LogP contribution is 2.31. The fourth-order valence-electron chi connectivity index (χ4n) is 2.09. The second-order valence-corrected chi connectivity index (χ2v) is 6.25. The van der Waals surface area contributed by atoms with E-state index in [4.69, 9.17) is 23.2 Å². The van der Waals surface area contributed by atoms with Crippen LogP contribution in [0.5, 0.6) is 0 Å². The van der Waals surface area contributed by atoms with Crippen LogP contribution >= 0.6 is 39.1 Å². The van der Waals surface area contributed by atoms with Crippen molar-refractivity contribution in [2.75, 3.05) is 5.32 Å². The molecule has 0 saturated heterocycles. The van der Waals surface area contributed by atoms with Gasteiger partial charge in [-0.05, 0) is 42.7 Å². The molecule has 0 radical (unpaired) electrons. The van der Waals surface area contributed by atoms with Gasteiger partial charge in [-0.15, -0.1) is 0 Å². The van der Waals surface area contributed by atoms with Crippen LogP contribution in [0.15, 0.2) is 34.8 Å². The van der Waals surface area contributed by atoms with E-state index in [1.165, 1.54) is 5.56 Å². The number of nitrogens with one attached hydrogen (secondary N) is 1. The first kappa shape index (κ1) is 15.6. The molecule has 5 heteroatoms. The van der Waals surface area contributed by atoms with Crippen molar-refractivity contribution in [3.8, 4) is 0 Å². The highest BCUT2D eigenvalue weighted by Gasteiger charge is 2.14. The van der Waals surface area contributed by atoms with Crippen LogP contribution in [-0.4, -0.2) is 4.98 Å². The summed E-state index contributed by atoms with van der Waals surface area (Å²) in [5.74, 6) is 0. The molecule has 0 saturated carbocycles. The molecule has 0 fully saturated rings. The Bertz CT molecular complexity index is 594. The van der Waals surface area contributed by atoms with Crippen LogP contribution in [-0.2, 0) is 0 Å². The van der Waals surface area contributed by atoms with Crippen molar-refractivity contribution in [2.45, 2.75) is 26.3 Å². The second-order valence-electron chi connectivity index (χ2n) is 4.59. The molecule has 106 valence electrons. The van der Waals surface area contributed by atoms with E-state index in [1.807, 2.05) is 25.1 Å². The smallest absolute Gasteiger partial charge is 0.154 e. The maximum Gasteiger partial charge on any atom is 0.154 e. The Balaban J connectivity index is 2.32. The molecule has 1 N–H and O–H groups in total. The first-order valence-electron chi connectivity index (χ1n) is 6.36. The van der Waals surface area contributed by atoms with Gasteiger partial charge in [-0.2, -0.15) is 0 Å². The molecule has 0 aliphatic heterocycles. The van der Waals surface area contributed by atoms with Gasteiger partial charge in [0.05, 0.1) is 11.7 Å². The van der Waals surface area contributed by atoms with E-state index >= 15 is 0 Å². The lowest BCUT2D eigenvalue weighted by Crippen LogP contribution is -2.11. The number of benzene rings is 1. The third-order valence-electron chi connectivity index (χ3n) is 3.12. The Morgan fingerprint density at radius 3 is 2.65 bits per heavy atom. The maximum absolute atomic E-state index is 6.19. The minimum atomic E-state index is 0.173. The Hall–Kier alpha value is -0.770. The molecule has 2 rings (SSSR count). The molecular formula is C15H15BrCl2N2. The van der Waals surface area contributed by atoms with Crippen molar-refractivity contribution in [1.82, 2.24) is 4.98 Å². The third-order valence-corrected chi connectivity index (χ3v) is 4.08. The predicted octanol–water partition coefficient (Wildman–Crippen LogP) is 6.02. The zero-order chi connectivity index (χ0) is 14.7. The zero-order valence-electron chi connectivity index (χ0n) is 11.3. The molecule has 1 unspecified atom stereocenters. The van der Waals surface area contributed by atoms with Crippen LogP contribution in [0.4, 0.5) is 5.69 Å². The van der Waals surface area contributed by atoms with Crippen molar-refractivity contribution in [3.63, 3.8) is 0 Å². The topological polar surface area (TPSA) is 24.9 Å². The van der Waals surface area contributed by atoms with Crippen LogP contribution in [0.2, 0.25) is 10.3 Å².